The largest absolute Gasteiger partial charge is 0.330 e. The third-order valence-corrected chi connectivity index (χ3v) is 4.70. The number of rotatable bonds is 2. The third-order valence-electron chi connectivity index (χ3n) is 4.46. The van der Waals surface area contributed by atoms with Crippen LogP contribution in [0, 0.1) is 11.6 Å². The van der Waals surface area contributed by atoms with Crippen LogP contribution < -0.4 is 0 Å². The Balaban J connectivity index is 1.65. The van der Waals surface area contributed by atoms with Crippen LogP contribution >= 0.6 is 11.6 Å². The van der Waals surface area contributed by atoms with Crippen LogP contribution in [0.3, 0.4) is 0 Å². The van der Waals surface area contributed by atoms with Gasteiger partial charge in [0.25, 0.3) is 11.9 Å². The molecule has 27 heavy (non-hydrogen) atoms. The minimum Gasteiger partial charge on any atom is -0.330 e. The highest BCUT2D eigenvalue weighted by atomic mass is 35.5. The third kappa shape index (κ3) is 3.03. The van der Waals surface area contributed by atoms with Crippen molar-refractivity contribution >= 4 is 17.5 Å². The second-order valence-corrected chi connectivity index (χ2v) is 6.52. The van der Waals surface area contributed by atoms with Crippen molar-refractivity contribution in [2.24, 2.45) is 0 Å². The van der Waals surface area contributed by atoms with Crippen LogP contribution in [-0.4, -0.2) is 42.3 Å². The first-order valence-corrected chi connectivity index (χ1v) is 8.52. The van der Waals surface area contributed by atoms with Crippen LogP contribution in [0.4, 0.5) is 8.78 Å². The first kappa shape index (κ1) is 17.5. The van der Waals surface area contributed by atoms with Crippen LogP contribution in [0.25, 0.3) is 5.95 Å². The summed E-state index contributed by atoms with van der Waals surface area (Å²) < 4.78 is 28.6. The predicted molar refractivity (Wildman–Crippen MR) is 91.5 cm³/mol. The van der Waals surface area contributed by atoms with E-state index in [0.717, 1.165) is 24.2 Å². The van der Waals surface area contributed by atoms with E-state index >= 15 is 0 Å². The summed E-state index contributed by atoms with van der Waals surface area (Å²) in [4.78, 5) is 22.1. The Bertz CT molecular complexity index is 1020. The normalized spacial score (nSPS) is 16.3. The summed E-state index contributed by atoms with van der Waals surface area (Å²) in [5.74, 6) is -1.48. The molecule has 2 aromatic heterocycles. The maximum atomic E-state index is 14.1. The van der Waals surface area contributed by atoms with Gasteiger partial charge in [-0.15, -0.1) is 5.10 Å². The van der Waals surface area contributed by atoms with Gasteiger partial charge < -0.3 is 4.90 Å². The van der Waals surface area contributed by atoms with E-state index in [9.17, 15) is 13.6 Å². The predicted octanol–water partition coefficient (Wildman–Crippen LogP) is 2.75. The van der Waals surface area contributed by atoms with Crippen LogP contribution in [0.15, 0.2) is 30.6 Å². The zero-order valence-electron chi connectivity index (χ0n) is 14.1. The molecule has 3 heterocycles. The van der Waals surface area contributed by atoms with Crippen molar-refractivity contribution < 1.29 is 13.6 Å². The zero-order chi connectivity index (χ0) is 19.1. The van der Waals surface area contributed by atoms with E-state index < -0.39 is 23.6 Å². The SMILES string of the molecule is CC1c2nnn(-c3ncc(F)cn3)c2CCN1C(=O)c1ccc(Cl)cc1F. The minimum absolute atomic E-state index is 0.0519. The fourth-order valence-corrected chi connectivity index (χ4v) is 3.27. The molecule has 0 radical (unpaired) electrons. The number of carbonyl (C=O) groups excluding carboxylic acids is 1. The number of amides is 1. The van der Waals surface area contributed by atoms with Gasteiger partial charge in [0, 0.05) is 18.0 Å². The monoisotopic (exact) mass is 390 g/mol. The lowest BCUT2D eigenvalue weighted by Gasteiger charge is -2.32. The van der Waals surface area contributed by atoms with Crippen molar-refractivity contribution in [3.63, 3.8) is 0 Å². The molecule has 0 fully saturated rings. The van der Waals surface area contributed by atoms with Gasteiger partial charge in [0.2, 0.25) is 0 Å². The topological polar surface area (TPSA) is 76.8 Å². The summed E-state index contributed by atoms with van der Waals surface area (Å²) in [5, 5.41) is 8.39. The van der Waals surface area contributed by atoms with Crippen molar-refractivity contribution in [2.45, 2.75) is 19.4 Å². The van der Waals surface area contributed by atoms with Gasteiger partial charge in [-0.2, -0.15) is 4.68 Å². The molecule has 0 spiro atoms. The van der Waals surface area contributed by atoms with Gasteiger partial charge >= 0.3 is 0 Å². The summed E-state index contributed by atoms with van der Waals surface area (Å²) in [6.07, 6.45) is 2.51. The number of hydrogen-bond acceptors (Lipinski definition) is 5. The number of aromatic nitrogens is 5. The maximum Gasteiger partial charge on any atom is 0.257 e. The molecule has 0 saturated carbocycles. The van der Waals surface area contributed by atoms with Gasteiger partial charge in [-0.1, -0.05) is 16.8 Å². The van der Waals surface area contributed by atoms with Crippen molar-refractivity contribution in [1.29, 1.82) is 0 Å². The Morgan fingerprint density at radius 2 is 2.00 bits per heavy atom. The van der Waals surface area contributed by atoms with E-state index in [-0.39, 0.29) is 16.5 Å². The second-order valence-electron chi connectivity index (χ2n) is 6.08. The molecule has 1 unspecified atom stereocenters. The molecular weight excluding hydrogens is 378 g/mol. The lowest BCUT2D eigenvalue weighted by atomic mass is 10.0. The van der Waals surface area contributed by atoms with E-state index in [1.165, 1.54) is 21.7 Å². The molecule has 10 heteroatoms. The quantitative estimate of drug-likeness (QED) is 0.672. The fourth-order valence-electron chi connectivity index (χ4n) is 3.11. The van der Waals surface area contributed by atoms with Crippen molar-refractivity contribution in [3.05, 3.63) is 64.2 Å². The van der Waals surface area contributed by atoms with Crippen LogP contribution in [0.1, 0.15) is 34.7 Å². The van der Waals surface area contributed by atoms with E-state index in [2.05, 4.69) is 20.3 Å². The number of benzene rings is 1. The molecule has 1 aliphatic heterocycles. The number of nitrogens with zero attached hydrogens (tertiary/aromatic N) is 6. The summed E-state index contributed by atoms with van der Waals surface area (Å²) in [6, 6.07) is 3.52. The highest BCUT2D eigenvalue weighted by molar-refractivity contribution is 6.30. The van der Waals surface area contributed by atoms with Crippen LogP contribution in [-0.2, 0) is 6.42 Å². The van der Waals surface area contributed by atoms with E-state index in [1.54, 1.807) is 6.92 Å². The Hall–Kier alpha value is -2.94. The summed E-state index contributed by atoms with van der Waals surface area (Å²) in [5.41, 5.74) is 1.25. The summed E-state index contributed by atoms with van der Waals surface area (Å²) in [7, 11) is 0. The Labute approximate surface area is 157 Å². The average Bonchev–Trinajstić information content (AvgIpc) is 3.07. The van der Waals surface area contributed by atoms with Gasteiger partial charge in [0.1, 0.15) is 11.5 Å². The van der Waals surface area contributed by atoms with Crippen molar-refractivity contribution in [3.8, 4) is 5.95 Å². The maximum absolute atomic E-state index is 14.1. The standard InChI is InChI=1S/C17H13ClF2N6O/c1-9-15-14(26(24-23-15)17-21-7-11(19)8-22-17)4-5-25(9)16(27)12-3-2-10(18)6-13(12)20/h2-3,6-9H,4-5H2,1H3. The first-order valence-electron chi connectivity index (χ1n) is 8.14. The van der Waals surface area contributed by atoms with Gasteiger partial charge in [-0.3, -0.25) is 4.79 Å². The zero-order valence-corrected chi connectivity index (χ0v) is 14.9. The van der Waals surface area contributed by atoms with Gasteiger partial charge in [-0.05, 0) is 25.1 Å². The molecule has 1 amide bonds. The molecular formula is C17H13ClF2N6O. The number of halogens is 3. The molecule has 0 N–H and O–H groups in total. The average molecular weight is 391 g/mol. The van der Waals surface area contributed by atoms with Gasteiger partial charge in [0.05, 0.1) is 29.7 Å². The molecule has 4 rings (SSSR count). The highest BCUT2D eigenvalue weighted by Gasteiger charge is 2.34. The van der Waals surface area contributed by atoms with Gasteiger partial charge in [0.15, 0.2) is 5.82 Å². The van der Waals surface area contributed by atoms with Crippen molar-refractivity contribution in [2.75, 3.05) is 6.54 Å². The Morgan fingerprint density at radius 1 is 1.26 bits per heavy atom. The summed E-state index contributed by atoms with van der Waals surface area (Å²) >= 11 is 5.75. The fraction of sp³-hybridized carbons (Fsp3) is 0.235. The van der Waals surface area contributed by atoms with E-state index in [1.807, 2.05) is 0 Å². The lowest BCUT2D eigenvalue weighted by Crippen LogP contribution is -2.39. The summed E-state index contributed by atoms with van der Waals surface area (Å²) in [6.45, 7) is 2.12. The lowest BCUT2D eigenvalue weighted by molar-refractivity contribution is 0.0667. The number of carbonyl (C=O) groups is 1. The van der Waals surface area contributed by atoms with E-state index in [4.69, 9.17) is 11.6 Å². The smallest absolute Gasteiger partial charge is 0.257 e. The van der Waals surface area contributed by atoms with E-state index in [0.29, 0.717) is 18.7 Å². The molecule has 7 nitrogen and oxygen atoms in total. The van der Waals surface area contributed by atoms with Crippen molar-refractivity contribution in [1.82, 2.24) is 29.9 Å². The molecule has 1 aliphatic rings. The molecule has 1 aromatic carbocycles. The molecule has 0 bridgehead atoms. The number of hydrogen-bond donors (Lipinski definition) is 0. The van der Waals surface area contributed by atoms with Crippen LogP contribution in [0.5, 0.6) is 0 Å². The van der Waals surface area contributed by atoms with Crippen LogP contribution in [0.2, 0.25) is 5.02 Å². The number of fused-ring (bicyclic) bond motifs is 1. The molecule has 3 aromatic rings. The molecule has 1 atom stereocenters. The molecule has 0 saturated heterocycles. The minimum atomic E-state index is -0.672. The molecule has 0 aliphatic carbocycles. The molecule has 138 valence electrons. The first-order chi connectivity index (χ1) is 13.0. The Kier molecular flexibility index (Phi) is 4.31. The highest BCUT2D eigenvalue weighted by Crippen LogP contribution is 2.30. The van der Waals surface area contributed by atoms with Gasteiger partial charge in [-0.25, -0.2) is 18.7 Å². The second kappa shape index (κ2) is 6.66. The Morgan fingerprint density at radius 3 is 2.70 bits per heavy atom.